The molecular weight excluding hydrogens is 266 g/mol. The van der Waals surface area contributed by atoms with Crippen molar-refractivity contribution in [2.75, 3.05) is 6.54 Å². The van der Waals surface area contributed by atoms with Gasteiger partial charge >= 0.3 is 0 Å². The minimum atomic E-state index is -3.52. The van der Waals surface area contributed by atoms with Crippen LogP contribution < -0.4 is 0 Å². The van der Waals surface area contributed by atoms with Gasteiger partial charge in [-0.3, -0.25) is 4.68 Å². The van der Waals surface area contributed by atoms with Crippen LogP contribution in [-0.4, -0.2) is 38.6 Å². The van der Waals surface area contributed by atoms with Gasteiger partial charge in [-0.15, -0.1) is 0 Å². The Labute approximate surface area is 111 Å². The van der Waals surface area contributed by atoms with Crippen molar-refractivity contribution in [2.24, 2.45) is 7.05 Å². The van der Waals surface area contributed by atoms with Crippen LogP contribution in [0.5, 0.6) is 0 Å². The summed E-state index contributed by atoms with van der Waals surface area (Å²) < 4.78 is 30.0. The molecule has 2 aromatic heterocycles. The minimum absolute atomic E-state index is 0.112. The van der Waals surface area contributed by atoms with Gasteiger partial charge in [-0.05, 0) is 13.0 Å². The SMILES string of the molecule is Cc1nc(S(=O)(=O)N2CCn3nccc3C2)cn1C. The number of fused-ring (bicyclic) bond motifs is 1. The highest BCUT2D eigenvalue weighted by molar-refractivity contribution is 7.89. The largest absolute Gasteiger partial charge is 0.337 e. The highest BCUT2D eigenvalue weighted by atomic mass is 32.2. The molecule has 0 saturated carbocycles. The second-order valence-corrected chi connectivity index (χ2v) is 6.51. The smallest absolute Gasteiger partial charge is 0.262 e. The fourth-order valence-corrected chi connectivity index (χ4v) is 3.58. The molecule has 0 radical (unpaired) electrons. The molecule has 0 fully saturated rings. The maximum atomic E-state index is 12.5. The van der Waals surface area contributed by atoms with E-state index in [1.165, 1.54) is 4.31 Å². The van der Waals surface area contributed by atoms with Gasteiger partial charge in [0.25, 0.3) is 10.0 Å². The number of imidazole rings is 1. The van der Waals surface area contributed by atoms with Crippen molar-refractivity contribution in [1.82, 2.24) is 23.6 Å². The fourth-order valence-electron chi connectivity index (χ4n) is 2.15. The van der Waals surface area contributed by atoms with E-state index in [1.54, 1.807) is 30.9 Å². The standard InChI is InChI=1S/C11H15N5O2S/c1-9-13-11(8-14(9)2)19(17,18)15-5-6-16-10(7-15)3-4-12-16/h3-4,8H,5-7H2,1-2H3. The first kappa shape index (κ1) is 12.4. The van der Waals surface area contributed by atoms with Crippen LogP contribution in [-0.2, 0) is 30.2 Å². The molecule has 0 aliphatic carbocycles. The van der Waals surface area contributed by atoms with Gasteiger partial charge in [0.1, 0.15) is 5.82 Å². The minimum Gasteiger partial charge on any atom is -0.337 e. The first-order valence-corrected chi connectivity index (χ1v) is 7.43. The average Bonchev–Trinajstić information content (AvgIpc) is 2.96. The van der Waals surface area contributed by atoms with Crippen molar-refractivity contribution in [3.8, 4) is 0 Å². The molecule has 1 aliphatic heterocycles. The van der Waals surface area contributed by atoms with Crippen LogP contribution in [0.15, 0.2) is 23.5 Å². The van der Waals surface area contributed by atoms with Gasteiger partial charge in [0.05, 0.1) is 18.8 Å². The molecule has 3 heterocycles. The maximum absolute atomic E-state index is 12.5. The Morgan fingerprint density at radius 3 is 2.79 bits per heavy atom. The lowest BCUT2D eigenvalue weighted by atomic mass is 10.3. The van der Waals surface area contributed by atoms with Crippen molar-refractivity contribution in [3.05, 3.63) is 30.0 Å². The van der Waals surface area contributed by atoms with Crippen LogP contribution in [0.1, 0.15) is 11.5 Å². The number of rotatable bonds is 2. The number of hydrogen-bond donors (Lipinski definition) is 0. The predicted molar refractivity (Wildman–Crippen MR) is 67.8 cm³/mol. The Hall–Kier alpha value is -1.67. The monoisotopic (exact) mass is 281 g/mol. The molecule has 2 aromatic rings. The number of nitrogens with zero attached hydrogens (tertiary/aromatic N) is 5. The summed E-state index contributed by atoms with van der Waals surface area (Å²) in [5.74, 6) is 0.681. The summed E-state index contributed by atoms with van der Waals surface area (Å²) >= 11 is 0. The van der Waals surface area contributed by atoms with E-state index in [4.69, 9.17) is 0 Å². The van der Waals surface area contributed by atoms with Crippen molar-refractivity contribution >= 4 is 10.0 Å². The zero-order valence-electron chi connectivity index (χ0n) is 10.8. The topological polar surface area (TPSA) is 73.0 Å². The number of hydrogen-bond acceptors (Lipinski definition) is 4. The summed E-state index contributed by atoms with van der Waals surface area (Å²) in [6.45, 7) is 3.13. The number of aryl methyl sites for hydroxylation is 2. The highest BCUT2D eigenvalue weighted by Crippen LogP contribution is 2.20. The Morgan fingerprint density at radius 2 is 2.11 bits per heavy atom. The predicted octanol–water partition coefficient (Wildman–Crippen LogP) is 0.130. The Bertz CT molecular complexity index is 696. The van der Waals surface area contributed by atoms with Crippen molar-refractivity contribution < 1.29 is 8.42 Å². The van der Waals surface area contributed by atoms with E-state index in [9.17, 15) is 8.42 Å². The van der Waals surface area contributed by atoms with Gasteiger partial charge in [-0.2, -0.15) is 9.40 Å². The summed E-state index contributed by atoms with van der Waals surface area (Å²) in [4.78, 5) is 4.11. The molecular formula is C11H15N5O2S. The van der Waals surface area contributed by atoms with Crippen molar-refractivity contribution in [3.63, 3.8) is 0 Å². The number of aromatic nitrogens is 4. The van der Waals surface area contributed by atoms with Crippen LogP contribution in [0.2, 0.25) is 0 Å². The van der Waals surface area contributed by atoms with Crippen LogP contribution in [0, 0.1) is 6.92 Å². The summed E-state index contributed by atoms with van der Waals surface area (Å²) in [5, 5.41) is 4.25. The van der Waals surface area contributed by atoms with Crippen LogP contribution in [0.25, 0.3) is 0 Å². The van der Waals surface area contributed by atoms with Gasteiger partial charge in [0.15, 0.2) is 5.03 Å². The van der Waals surface area contributed by atoms with Gasteiger partial charge in [0.2, 0.25) is 0 Å². The Balaban J connectivity index is 1.94. The molecule has 0 N–H and O–H groups in total. The fraction of sp³-hybridized carbons (Fsp3) is 0.455. The molecule has 0 saturated heterocycles. The molecule has 0 atom stereocenters. The number of sulfonamides is 1. The van der Waals surface area contributed by atoms with E-state index in [1.807, 2.05) is 10.7 Å². The molecule has 3 rings (SSSR count). The lowest BCUT2D eigenvalue weighted by Gasteiger charge is -2.26. The quantitative estimate of drug-likeness (QED) is 0.784. The molecule has 102 valence electrons. The van der Waals surface area contributed by atoms with E-state index in [-0.39, 0.29) is 5.03 Å². The van der Waals surface area contributed by atoms with Crippen LogP contribution in [0.3, 0.4) is 0 Å². The molecule has 0 unspecified atom stereocenters. The highest BCUT2D eigenvalue weighted by Gasteiger charge is 2.30. The molecule has 0 amide bonds. The third-order valence-corrected chi connectivity index (χ3v) is 5.11. The molecule has 8 heteroatoms. The molecule has 19 heavy (non-hydrogen) atoms. The first-order valence-electron chi connectivity index (χ1n) is 5.99. The van der Waals surface area contributed by atoms with Crippen LogP contribution in [0.4, 0.5) is 0 Å². The summed E-state index contributed by atoms with van der Waals surface area (Å²) in [6.07, 6.45) is 3.24. The third-order valence-electron chi connectivity index (χ3n) is 3.39. The second-order valence-electron chi connectivity index (χ2n) is 4.62. The summed E-state index contributed by atoms with van der Waals surface area (Å²) in [6, 6.07) is 1.84. The van der Waals surface area contributed by atoms with Crippen molar-refractivity contribution in [1.29, 1.82) is 0 Å². The Kier molecular flexibility index (Phi) is 2.72. The van der Waals surface area contributed by atoms with Gasteiger partial charge in [-0.1, -0.05) is 0 Å². The molecule has 0 spiro atoms. The zero-order valence-corrected chi connectivity index (χ0v) is 11.6. The molecule has 0 bridgehead atoms. The average molecular weight is 281 g/mol. The molecule has 0 aromatic carbocycles. The normalized spacial score (nSPS) is 16.5. The van der Waals surface area contributed by atoms with Crippen molar-refractivity contribution in [2.45, 2.75) is 25.0 Å². The molecule has 1 aliphatic rings. The Morgan fingerprint density at radius 1 is 1.32 bits per heavy atom. The summed E-state index contributed by atoms with van der Waals surface area (Å²) in [5.41, 5.74) is 0.905. The van der Waals surface area contributed by atoms with Crippen LogP contribution >= 0.6 is 0 Å². The maximum Gasteiger partial charge on any atom is 0.262 e. The van der Waals surface area contributed by atoms with E-state index < -0.39 is 10.0 Å². The molecule has 7 nitrogen and oxygen atoms in total. The first-order chi connectivity index (χ1) is 8.98. The van der Waals surface area contributed by atoms with E-state index in [0.29, 0.717) is 25.5 Å². The zero-order chi connectivity index (χ0) is 13.6. The summed E-state index contributed by atoms with van der Waals surface area (Å²) in [7, 11) is -1.74. The second kappa shape index (κ2) is 4.17. The van der Waals surface area contributed by atoms with E-state index >= 15 is 0 Å². The lowest BCUT2D eigenvalue weighted by Crippen LogP contribution is -2.38. The van der Waals surface area contributed by atoms with E-state index in [2.05, 4.69) is 10.1 Å². The third kappa shape index (κ3) is 1.96. The van der Waals surface area contributed by atoms with Gasteiger partial charge in [0, 0.05) is 26.0 Å². The van der Waals surface area contributed by atoms with Gasteiger partial charge in [-0.25, -0.2) is 13.4 Å². The van der Waals surface area contributed by atoms with Gasteiger partial charge < -0.3 is 4.57 Å². The lowest BCUT2D eigenvalue weighted by molar-refractivity contribution is 0.326. The van der Waals surface area contributed by atoms with E-state index in [0.717, 1.165) is 5.69 Å².